The molecule has 1 N–H and O–H groups in total. The van der Waals surface area contributed by atoms with Gasteiger partial charge in [-0.25, -0.2) is 9.48 Å². The van der Waals surface area contributed by atoms with E-state index in [0.29, 0.717) is 46.2 Å². The molecule has 214 valence electrons. The number of aromatic nitrogens is 2. The average Bonchev–Trinajstić information content (AvgIpc) is 3.32. The van der Waals surface area contributed by atoms with E-state index in [1.54, 1.807) is 30.2 Å². The number of carbonyl (C=O) groups is 1. The summed E-state index contributed by atoms with van der Waals surface area (Å²) in [5.74, 6) is 1.75. The first-order chi connectivity index (χ1) is 19.7. The van der Waals surface area contributed by atoms with Gasteiger partial charge in [0.25, 0.3) is 0 Å². The van der Waals surface area contributed by atoms with E-state index in [4.69, 9.17) is 37.8 Å². The van der Waals surface area contributed by atoms with Gasteiger partial charge >= 0.3 is 6.03 Å². The second kappa shape index (κ2) is 12.0. The minimum Gasteiger partial charge on any atom is -0.494 e. The molecule has 0 saturated carbocycles. The van der Waals surface area contributed by atoms with Crippen LogP contribution in [0.15, 0.2) is 66.7 Å². The van der Waals surface area contributed by atoms with E-state index in [2.05, 4.69) is 19.2 Å². The lowest BCUT2D eigenvalue weighted by Crippen LogP contribution is -2.43. The number of ether oxygens (including phenoxy) is 2. The van der Waals surface area contributed by atoms with Crippen molar-refractivity contribution in [2.45, 2.75) is 25.8 Å². The molecule has 0 radical (unpaired) electrons. The minimum absolute atomic E-state index is 0.0398. The lowest BCUT2D eigenvalue weighted by Gasteiger charge is -2.37. The lowest BCUT2D eigenvalue weighted by atomic mass is 9.91. The summed E-state index contributed by atoms with van der Waals surface area (Å²) in [7, 11) is 5.60. The Morgan fingerprint density at radius 3 is 2.37 bits per heavy atom. The van der Waals surface area contributed by atoms with Crippen LogP contribution in [0.1, 0.15) is 42.6 Å². The van der Waals surface area contributed by atoms with Crippen LogP contribution < -0.4 is 19.7 Å². The maximum Gasteiger partial charge on any atom is 0.328 e. The Hall–Kier alpha value is -3.72. The van der Waals surface area contributed by atoms with Crippen LogP contribution >= 0.6 is 23.2 Å². The van der Waals surface area contributed by atoms with Gasteiger partial charge < -0.3 is 14.4 Å². The maximum absolute atomic E-state index is 14.0. The van der Waals surface area contributed by atoms with Crippen LogP contribution in [0.25, 0.3) is 5.69 Å². The largest absolute Gasteiger partial charge is 0.494 e. The Balaban J connectivity index is 1.75. The van der Waals surface area contributed by atoms with Crippen LogP contribution in [-0.2, 0) is 0 Å². The highest BCUT2D eigenvalue weighted by Gasteiger charge is 2.41. The number of nitrogens with one attached hydrogen (secondary N) is 1. The van der Waals surface area contributed by atoms with Gasteiger partial charge in [0.1, 0.15) is 23.8 Å². The van der Waals surface area contributed by atoms with Crippen LogP contribution in [0, 0.1) is 0 Å². The van der Waals surface area contributed by atoms with Crippen molar-refractivity contribution in [1.82, 2.24) is 14.7 Å². The molecule has 5 rings (SSSR count). The Kier molecular flexibility index (Phi) is 8.45. The minimum atomic E-state index is -0.550. The number of carbonyl (C=O) groups excluding carboxylic acids is 1. The summed E-state index contributed by atoms with van der Waals surface area (Å²) in [4.78, 5) is 17.7. The molecule has 2 amide bonds. The molecule has 3 aromatic carbocycles. The zero-order valence-corrected chi connectivity index (χ0v) is 25.2. The van der Waals surface area contributed by atoms with Crippen molar-refractivity contribution in [1.29, 1.82) is 0 Å². The number of nitrogens with zero attached hydrogens (tertiary/aromatic N) is 4. The summed E-state index contributed by atoms with van der Waals surface area (Å²) in [6, 6.07) is 19.7. The number of methoxy groups -OCH3 is 1. The third-order valence-corrected chi connectivity index (χ3v) is 7.44. The van der Waals surface area contributed by atoms with Crippen LogP contribution in [0.4, 0.5) is 16.3 Å². The van der Waals surface area contributed by atoms with E-state index in [9.17, 15) is 4.79 Å². The van der Waals surface area contributed by atoms with E-state index < -0.39 is 6.04 Å². The fourth-order valence-electron chi connectivity index (χ4n) is 5.11. The van der Waals surface area contributed by atoms with Crippen molar-refractivity contribution in [3.8, 4) is 17.2 Å². The van der Waals surface area contributed by atoms with Crippen molar-refractivity contribution in [3.63, 3.8) is 0 Å². The summed E-state index contributed by atoms with van der Waals surface area (Å²) < 4.78 is 13.7. The standard InChI is InChI=1S/C31H33Cl2N5O3/c1-19(2)28-27-29(20-10-12-21(32)13-11-20)37(24-18-22(33)14-15-26(24)41-17-16-36(3)4)31(39)34-30(27)35-38(28)23-8-6-7-9-25(23)40-5/h6-15,18-19,29H,16-17H2,1-5H3,(H,34,35,39). The summed E-state index contributed by atoms with van der Waals surface area (Å²) in [6.07, 6.45) is 0. The van der Waals surface area contributed by atoms with Gasteiger partial charge in [-0.1, -0.05) is 61.3 Å². The first kappa shape index (κ1) is 28.8. The number of hydrogen-bond acceptors (Lipinski definition) is 5. The van der Waals surface area contributed by atoms with Crippen LogP contribution in [-0.4, -0.2) is 55.1 Å². The highest BCUT2D eigenvalue weighted by molar-refractivity contribution is 6.31. The number of halogens is 2. The number of fused-ring (bicyclic) bond motifs is 1. The molecule has 10 heteroatoms. The number of benzene rings is 3. The predicted molar refractivity (Wildman–Crippen MR) is 164 cm³/mol. The predicted octanol–water partition coefficient (Wildman–Crippen LogP) is 7.39. The smallest absolute Gasteiger partial charge is 0.328 e. The average molecular weight is 595 g/mol. The SMILES string of the molecule is COc1ccccc1-n1nc2c(c1C(C)C)C(c1ccc(Cl)cc1)N(c1cc(Cl)ccc1OCCN(C)C)C(=O)N2. The second-order valence-corrected chi connectivity index (χ2v) is 11.3. The van der Waals surface area contributed by atoms with Crippen LogP contribution in [0.2, 0.25) is 10.0 Å². The normalized spacial score (nSPS) is 14.8. The molecule has 0 bridgehead atoms. The number of rotatable bonds is 9. The van der Waals surface area contributed by atoms with E-state index in [1.165, 1.54) is 0 Å². The number of anilines is 2. The van der Waals surface area contributed by atoms with Crippen molar-refractivity contribution >= 4 is 40.7 Å². The topological polar surface area (TPSA) is 71.9 Å². The summed E-state index contributed by atoms with van der Waals surface area (Å²) in [5.41, 5.74) is 4.00. The number of hydrogen-bond donors (Lipinski definition) is 1. The first-order valence-corrected chi connectivity index (χ1v) is 14.1. The molecule has 4 aromatic rings. The summed E-state index contributed by atoms with van der Waals surface area (Å²) in [6.45, 7) is 5.37. The molecule has 1 aromatic heterocycles. The van der Waals surface area contributed by atoms with E-state index in [-0.39, 0.29) is 11.9 Å². The van der Waals surface area contributed by atoms with Crippen molar-refractivity contribution < 1.29 is 14.3 Å². The van der Waals surface area contributed by atoms with Gasteiger partial charge in [0.15, 0.2) is 5.82 Å². The molecule has 41 heavy (non-hydrogen) atoms. The lowest BCUT2D eigenvalue weighted by molar-refractivity contribution is 0.251. The molecule has 1 unspecified atom stereocenters. The molecule has 0 fully saturated rings. The van der Waals surface area contributed by atoms with E-state index in [1.807, 2.05) is 72.2 Å². The molecular weight excluding hydrogens is 561 g/mol. The third kappa shape index (κ3) is 5.73. The molecule has 0 saturated heterocycles. The molecule has 0 aliphatic carbocycles. The number of likely N-dealkylation sites (N-methyl/N-ethyl adjacent to an activating group) is 1. The Morgan fingerprint density at radius 1 is 0.976 bits per heavy atom. The van der Waals surface area contributed by atoms with Crippen molar-refractivity contribution in [2.24, 2.45) is 0 Å². The molecule has 2 heterocycles. The highest BCUT2D eigenvalue weighted by atomic mass is 35.5. The van der Waals surface area contributed by atoms with Gasteiger partial charge in [-0.2, -0.15) is 0 Å². The van der Waals surface area contributed by atoms with Crippen LogP contribution in [0.3, 0.4) is 0 Å². The van der Waals surface area contributed by atoms with Gasteiger partial charge in [0.2, 0.25) is 0 Å². The van der Waals surface area contributed by atoms with Gasteiger partial charge in [-0.3, -0.25) is 10.2 Å². The molecule has 1 aliphatic rings. The van der Waals surface area contributed by atoms with Gasteiger partial charge in [-0.05, 0) is 68.0 Å². The monoisotopic (exact) mass is 593 g/mol. The molecule has 1 aliphatic heterocycles. The van der Waals surface area contributed by atoms with Gasteiger partial charge in [0.05, 0.1) is 24.5 Å². The molecular formula is C31H33Cl2N5O3. The van der Waals surface area contributed by atoms with E-state index >= 15 is 0 Å². The Labute approximate surface area is 250 Å². The van der Waals surface area contributed by atoms with Crippen molar-refractivity contribution in [2.75, 3.05) is 44.6 Å². The van der Waals surface area contributed by atoms with Gasteiger partial charge in [0, 0.05) is 22.2 Å². The third-order valence-electron chi connectivity index (χ3n) is 6.96. The summed E-state index contributed by atoms with van der Waals surface area (Å²) in [5, 5.41) is 9.06. The number of para-hydroxylation sites is 2. The fraction of sp³-hybridized carbons (Fsp3) is 0.290. The van der Waals surface area contributed by atoms with Crippen LogP contribution in [0.5, 0.6) is 11.5 Å². The fourth-order valence-corrected chi connectivity index (χ4v) is 5.40. The zero-order valence-electron chi connectivity index (χ0n) is 23.7. The zero-order chi connectivity index (χ0) is 29.3. The Bertz CT molecular complexity index is 1550. The van der Waals surface area contributed by atoms with Crippen molar-refractivity contribution in [3.05, 3.63) is 93.6 Å². The second-order valence-electron chi connectivity index (χ2n) is 10.4. The van der Waals surface area contributed by atoms with Gasteiger partial charge in [-0.15, -0.1) is 5.10 Å². The number of urea groups is 1. The molecule has 0 spiro atoms. The Morgan fingerprint density at radius 2 is 1.68 bits per heavy atom. The summed E-state index contributed by atoms with van der Waals surface area (Å²) >= 11 is 12.8. The molecule has 8 nitrogen and oxygen atoms in total. The highest BCUT2D eigenvalue weighted by Crippen LogP contribution is 2.47. The molecule has 1 atom stereocenters. The first-order valence-electron chi connectivity index (χ1n) is 13.4. The number of amides is 2. The quantitative estimate of drug-likeness (QED) is 0.219. The maximum atomic E-state index is 14.0. The van der Waals surface area contributed by atoms with E-state index in [0.717, 1.165) is 22.5 Å².